The first-order valence-electron chi connectivity index (χ1n) is 7.97. The lowest BCUT2D eigenvalue weighted by atomic mass is 9.80. The third kappa shape index (κ3) is 3.34. The highest BCUT2D eigenvalue weighted by Crippen LogP contribution is 2.40. The van der Waals surface area contributed by atoms with Gasteiger partial charge in [-0.2, -0.15) is 0 Å². The van der Waals surface area contributed by atoms with Crippen LogP contribution in [0.5, 0.6) is 5.75 Å². The molecule has 21 heavy (non-hydrogen) atoms. The van der Waals surface area contributed by atoms with Crippen LogP contribution in [0.3, 0.4) is 0 Å². The van der Waals surface area contributed by atoms with E-state index in [1.54, 1.807) is 7.11 Å². The molecule has 0 radical (unpaired) electrons. The molecule has 1 aromatic rings. The Hall–Kier alpha value is -1.22. The second kappa shape index (κ2) is 6.27. The molecule has 1 aliphatic heterocycles. The highest BCUT2D eigenvalue weighted by Gasteiger charge is 2.33. The average molecular weight is 290 g/mol. The SMILES string of the molecule is CNC(C)c1c(OC)cccc1N1CCC(C(C)(C)C)C1. The van der Waals surface area contributed by atoms with Crippen molar-refractivity contribution >= 4 is 5.69 Å². The summed E-state index contributed by atoms with van der Waals surface area (Å²) >= 11 is 0. The molecule has 3 heteroatoms. The molecular weight excluding hydrogens is 260 g/mol. The molecule has 1 heterocycles. The van der Waals surface area contributed by atoms with E-state index in [9.17, 15) is 0 Å². The van der Waals surface area contributed by atoms with Gasteiger partial charge in [0.05, 0.1) is 7.11 Å². The van der Waals surface area contributed by atoms with Crippen LogP contribution in [0.25, 0.3) is 0 Å². The fourth-order valence-corrected chi connectivity index (χ4v) is 3.25. The van der Waals surface area contributed by atoms with E-state index in [0.29, 0.717) is 5.41 Å². The van der Waals surface area contributed by atoms with Crippen molar-refractivity contribution in [1.29, 1.82) is 0 Å². The average Bonchev–Trinajstić information content (AvgIpc) is 2.95. The summed E-state index contributed by atoms with van der Waals surface area (Å²) in [4.78, 5) is 2.53. The second-order valence-corrected chi connectivity index (χ2v) is 7.20. The molecule has 1 N–H and O–H groups in total. The number of rotatable bonds is 4. The molecule has 118 valence electrons. The largest absolute Gasteiger partial charge is 0.496 e. The van der Waals surface area contributed by atoms with Crippen LogP contribution in [0, 0.1) is 11.3 Å². The summed E-state index contributed by atoms with van der Waals surface area (Å²) in [7, 11) is 3.76. The lowest BCUT2D eigenvalue weighted by Crippen LogP contribution is -2.27. The number of hydrogen-bond donors (Lipinski definition) is 1. The van der Waals surface area contributed by atoms with E-state index in [2.05, 4.69) is 56.1 Å². The summed E-state index contributed by atoms with van der Waals surface area (Å²) in [6, 6.07) is 6.68. The van der Waals surface area contributed by atoms with Crippen LogP contribution >= 0.6 is 0 Å². The maximum Gasteiger partial charge on any atom is 0.125 e. The Morgan fingerprint density at radius 1 is 1.33 bits per heavy atom. The summed E-state index contributed by atoms with van der Waals surface area (Å²) < 4.78 is 5.60. The van der Waals surface area contributed by atoms with Crippen molar-refractivity contribution in [2.75, 3.05) is 32.1 Å². The van der Waals surface area contributed by atoms with Gasteiger partial charge in [-0.25, -0.2) is 0 Å². The van der Waals surface area contributed by atoms with Crippen LogP contribution in [0.4, 0.5) is 5.69 Å². The summed E-state index contributed by atoms with van der Waals surface area (Å²) in [5.41, 5.74) is 2.97. The zero-order valence-electron chi connectivity index (χ0n) is 14.4. The normalized spacial score (nSPS) is 20.7. The van der Waals surface area contributed by atoms with Crippen molar-refractivity contribution in [1.82, 2.24) is 5.32 Å². The van der Waals surface area contributed by atoms with E-state index < -0.39 is 0 Å². The van der Waals surface area contributed by atoms with Gasteiger partial charge >= 0.3 is 0 Å². The van der Waals surface area contributed by atoms with Crippen LogP contribution in [0.15, 0.2) is 18.2 Å². The maximum atomic E-state index is 5.60. The van der Waals surface area contributed by atoms with Crippen molar-refractivity contribution in [3.63, 3.8) is 0 Å². The van der Waals surface area contributed by atoms with Gasteiger partial charge in [0.2, 0.25) is 0 Å². The number of anilines is 1. The standard InChI is InChI=1S/C18H30N2O/c1-13(19-5)17-15(8-7-9-16(17)21-6)20-11-10-14(12-20)18(2,3)4/h7-9,13-14,19H,10-12H2,1-6H3. The maximum absolute atomic E-state index is 5.60. The van der Waals surface area contributed by atoms with Gasteiger partial charge in [-0.3, -0.25) is 0 Å². The number of benzene rings is 1. The fourth-order valence-electron chi connectivity index (χ4n) is 3.25. The molecule has 0 spiro atoms. The molecule has 3 nitrogen and oxygen atoms in total. The van der Waals surface area contributed by atoms with Gasteiger partial charge in [0.1, 0.15) is 5.75 Å². The molecule has 2 rings (SSSR count). The summed E-state index contributed by atoms with van der Waals surface area (Å²) in [6.45, 7) is 11.5. The molecule has 0 aliphatic carbocycles. The molecule has 1 aliphatic rings. The molecule has 0 amide bonds. The number of hydrogen-bond acceptors (Lipinski definition) is 3. The Bertz CT molecular complexity index is 479. The van der Waals surface area contributed by atoms with E-state index in [-0.39, 0.29) is 6.04 Å². The predicted molar refractivity (Wildman–Crippen MR) is 90.2 cm³/mol. The lowest BCUT2D eigenvalue weighted by Gasteiger charge is -2.29. The third-order valence-corrected chi connectivity index (χ3v) is 4.88. The van der Waals surface area contributed by atoms with E-state index in [0.717, 1.165) is 24.8 Å². The van der Waals surface area contributed by atoms with Crippen molar-refractivity contribution in [3.8, 4) is 5.75 Å². The minimum Gasteiger partial charge on any atom is -0.496 e. The first kappa shape index (κ1) is 16.2. The van der Waals surface area contributed by atoms with E-state index in [4.69, 9.17) is 4.74 Å². The van der Waals surface area contributed by atoms with Gasteiger partial charge in [0.25, 0.3) is 0 Å². The number of nitrogens with zero attached hydrogens (tertiary/aromatic N) is 1. The Labute approximate surface area is 129 Å². The molecule has 2 atom stereocenters. The Morgan fingerprint density at radius 2 is 2.05 bits per heavy atom. The number of methoxy groups -OCH3 is 1. The number of nitrogens with one attached hydrogen (secondary N) is 1. The molecular formula is C18H30N2O. The van der Waals surface area contributed by atoms with Gasteiger partial charge in [-0.15, -0.1) is 0 Å². The zero-order chi connectivity index (χ0) is 15.6. The highest BCUT2D eigenvalue weighted by atomic mass is 16.5. The Morgan fingerprint density at radius 3 is 2.57 bits per heavy atom. The minimum atomic E-state index is 0.282. The van der Waals surface area contributed by atoms with Gasteiger partial charge in [-0.05, 0) is 43.9 Å². The topological polar surface area (TPSA) is 24.5 Å². The number of ether oxygens (including phenoxy) is 1. The minimum absolute atomic E-state index is 0.282. The van der Waals surface area contributed by atoms with Crippen molar-refractivity contribution < 1.29 is 4.74 Å². The van der Waals surface area contributed by atoms with Gasteiger partial charge in [0.15, 0.2) is 0 Å². The first-order valence-corrected chi connectivity index (χ1v) is 7.97. The molecule has 1 fully saturated rings. The molecule has 0 bridgehead atoms. The molecule has 0 saturated carbocycles. The Kier molecular flexibility index (Phi) is 4.82. The third-order valence-electron chi connectivity index (χ3n) is 4.88. The van der Waals surface area contributed by atoms with Gasteiger partial charge in [-0.1, -0.05) is 26.8 Å². The monoisotopic (exact) mass is 290 g/mol. The molecule has 1 aromatic carbocycles. The molecule has 1 saturated heterocycles. The van der Waals surface area contributed by atoms with Crippen molar-refractivity contribution in [3.05, 3.63) is 23.8 Å². The zero-order valence-corrected chi connectivity index (χ0v) is 14.4. The smallest absolute Gasteiger partial charge is 0.125 e. The van der Waals surface area contributed by atoms with Crippen LogP contribution < -0.4 is 15.0 Å². The van der Waals surface area contributed by atoms with Crippen LogP contribution in [-0.2, 0) is 0 Å². The van der Waals surface area contributed by atoms with Gasteiger partial charge in [0, 0.05) is 30.4 Å². The summed E-state index contributed by atoms with van der Waals surface area (Å²) in [5.74, 6) is 1.73. The quantitative estimate of drug-likeness (QED) is 0.911. The lowest BCUT2D eigenvalue weighted by molar-refractivity contribution is 0.263. The van der Waals surface area contributed by atoms with Crippen LogP contribution in [0.2, 0.25) is 0 Å². The van der Waals surface area contributed by atoms with Gasteiger partial charge < -0.3 is 15.0 Å². The molecule has 0 aromatic heterocycles. The highest BCUT2D eigenvalue weighted by molar-refractivity contribution is 5.61. The first-order chi connectivity index (χ1) is 9.88. The molecule has 2 unspecified atom stereocenters. The van der Waals surface area contributed by atoms with Crippen molar-refractivity contribution in [2.24, 2.45) is 11.3 Å². The summed E-state index contributed by atoms with van der Waals surface area (Å²) in [5, 5.41) is 3.35. The van der Waals surface area contributed by atoms with Crippen LogP contribution in [0.1, 0.15) is 45.7 Å². The fraction of sp³-hybridized carbons (Fsp3) is 0.667. The van der Waals surface area contributed by atoms with E-state index in [1.165, 1.54) is 17.7 Å². The van der Waals surface area contributed by atoms with Crippen molar-refractivity contribution in [2.45, 2.75) is 40.2 Å². The Balaban J connectivity index is 2.32. The summed E-state index contributed by atoms with van der Waals surface area (Å²) in [6.07, 6.45) is 1.27. The second-order valence-electron chi connectivity index (χ2n) is 7.20. The predicted octanol–water partition coefficient (Wildman–Crippen LogP) is 3.85. The van der Waals surface area contributed by atoms with Crippen LogP contribution in [-0.4, -0.2) is 27.2 Å². The van der Waals surface area contributed by atoms with E-state index in [1.807, 2.05) is 7.05 Å². The van der Waals surface area contributed by atoms with E-state index >= 15 is 0 Å².